The number of pyridine rings is 1. The van der Waals surface area contributed by atoms with E-state index >= 15 is 0 Å². The maximum Gasteiger partial charge on any atom is 0.254 e. The molecule has 1 aromatic heterocycles. The topological polar surface area (TPSA) is 62.5 Å². The number of hydrogen-bond donors (Lipinski definition) is 1. The molecular weight excluding hydrogens is 444 g/mol. The summed E-state index contributed by atoms with van der Waals surface area (Å²) in [5, 5.41) is 0. The van der Waals surface area contributed by atoms with Gasteiger partial charge in [-0.25, -0.2) is 0 Å². The zero-order valence-electron chi connectivity index (χ0n) is 21.9. The van der Waals surface area contributed by atoms with Crippen LogP contribution in [0.15, 0.2) is 78.6 Å². The highest BCUT2D eigenvalue weighted by atomic mass is 16.2. The number of benzene rings is 2. The molecule has 0 bridgehead atoms. The summed E-state index contributed by atoms with van der Waals surface area (Å²) in [7, 11) is 0. The number of piperidine rings is 1. The Balaban J connectivity index is 1.61. The summed E-state index contributed by atoms with van der Waals surface area (Å²) in [5.41, 5.74) is 13.9. The van der Waals surface area contributed by atoms with Crippen molar-refractivity contribution >= 4 is 17.2 Å². The lowest BCUT2D eigenvalue weighted by Gasteiger charge is -2.31. The standard InChI is InChI=1S/C31H38N4O/c1-22(2)35(23(3)4)31(36)27-10-8-25(9-11-27)30(28-6-5-7-29(32)20-28)26-14-18-34(19-15-26)21-24-12-16-33-17-13-24/h5-13,16-17,20,22-23H,14-15,18-19,21,32H2,1-4H3. The Morgan fingerprint density at radius 1 is 0.889 bits per heavy atom. The predicted octanol–water partition coefficient (Wildman–Crippen LogP) is 6.02. The van der Waals surface area contributed by atoms with Crippen LogP contribution in [0.5, 0.6) is 0 Å². The van der Waals surface area contributed by atoms with Crippen LogP contribution < -0.4 is 5.73 Å². The van der Waals surface area contributed by atoms with E-state index in [0.29, 0.717) is 0 Å². The molecule has 0 spiro atoms. The van der Waals surface area contributed by atoms with Gasteiger partial charge in [0.25, 0.3) is 5.91 Å². The first-order valence-electron chi connectivity index (χ1n) is 13.0. The molecule has 5 nitrogen and oxygen atoms in total. The molecular formula is C31H38N4O. The molecule has 3 aromatic rings. The highest BCUT2D eigenvalue weighted by Crippen LogP contribution is 2.34. The Bertz CT molecular complexity index is 1180. The Labute approximate surface area is 215 Å². The fraction of sp³-hybridized carbons (Fsp3) is 0.355. The number of anilines is 1. The summed E-state index contributed by atoms with van der Waals surface area (Å²) < 4.78 is 0. The number of amides is 1. The molecule has 188 valence electrons. The third-order valence-electron chi connectivity index (χ3n) is 6.91. The minimum absolute atomic E-state index is 0.0779. The molecule has 0 aliphatic carbocycles. The lowest BCUT2D eigenvalue weighted by atomic mass is 9.87. The number of rotatable bonds is 7. The van der Waals surface area contributed by atoms with Crippen molar-refractivity contribution in [2.45, 2.75) is 59.2 Å². The highest BCUT2D eigenvalue weighted by molar-refractivity contribution is 5.95. The number of nitrogens with two attached hydrogens (primary N) is 1. The minimum Gasteiger partial charge on any atom is -0.399 e. The largest absolute Gasteiger partial charge is 0.399 e. The van der Waals surface area contributed by atoms with Crippen LogP contribution in [-0.4, -0.2) is 45.9 Å². The fourth-order valence-corrected chi connectivity index (χ4v) is 5.24. The Kier molecular flexibility index (Phi) is 8.21. The van der Waals surface area contributed by atoms with E-state index < -0.39 is 0 Å². The van der Waals surface area contributed by atoms with Gasteiger partial charge in [-0.1, -0.05) is 29.8 Å². The zero-order valence-corrected chi connectivity index (χ0v) is 21.9. The molecule has 0 unspecified atom stereocenters. The average Bonchev–Trinajstić information content (AvgIpc) is 2.86. The van der Waals surface area contributed by atoms with Crippen LogP contribution in [0.4, 0.5) is 5.69 Å². The average molecular weight is 483 g/mol. The monoisotopic (exact) mass is 482 g/mol. The summed E-state index contributed by atoms with van der Waals surface area (Å²) in [6.07, 6.45) is 5.73. The van der Waals surface area contributed by atoms with E-state index in [1.165, 1.54) is 16.7 Å². The maximum atomic E-state index is 13.2. The van der Waals surface area contributed by atoms with Crippen molar-refractivity contribution in [3.63, 3.8) is 0 Å². The predicted molar refractivity (Wildman–Crippen MR) is 149 cm³/mol. The molecule has 4 rings (SSSR count). The lowest BCUT2D eigenvalue weighted by molar-refractivity contribution is 0.0643. The molecule has 1 aliphatic heterocycles. The summed E-state index contributed by atoms with van der Waals surface area (Å²) in [4.78, 5) is 21.8. The summed E-state index contributed by atoms with van der Waals surface area (Å²) in [5.74, 6) is 0.0779. The van der Waals surface area contributed by atoms with Gasteiger partial charge in [-0.05, 0) is 99.2 Å². The van der Waals surface area contributed by atoms with Crippen LogP contribution in [0, 0.1) is 0 Å². The van der Waals surface area contributed by atoms with Crippen molar-refractivity contribution in [2.75, 3.05) is 18.8 Å². The summed E-state index contributed by atoms with van der Waals surface area (Å²) >= 11 is 0. The second kappa shape index (κ2) is 11.5. The summed E-state index contributed by atoms with van der Waals surface area (Å²) in [6, 6.07) is 20.8. The van der Waals surface area contributed by atoms with Gasteiger partial charge < -0.3 is 10.6 Å². The first kappa shape index (κ1) is 25.6. The van der Waals surface area contributed by atoms with Gasteiger partial charge in [-0.3, -0.25) is 14.7 Å². The van der Waals surface area contributed by atoms with Crippen LogP contribution >= 0.6 is 0 Å². The molecule has 36 heavy (non-hydrogen) atoms. The number of nitrogen functional groups attached to an aromatic ring is 1. The number of aromatic nitrogens is 1. The van der Waals surface area contributed by atoms with Crippen molar-refractivity contribution in [3.8, 4) is 0 Å². The van der Waals surface area contributed by atoms with Crippen LogP contribution in [0.3, 0.4) is 0 Å². The van der Waals surface area contributed by atoms with E-state index in [0.717, 1.165) is 54.9 Å². The molecule has 1 saturated heterocycles. The van der Waals surface area contributed by atoms with Gasteiger partial charge in [0.1, 0.15) is 0 Å². The van der Waals surface area contributed by atoms with Gasteiger partial charge in [-0.15, -0.1) is 0 Å². The number of nitrogens with zero attached hydrogens (tertiary/aromatic N) is 3. The Morgan fingerprint density at radius 3 is 2.08 bits per heavy atom. The smallest absolute Gasteiger partial charge is 0.254 e. The van der Waals surface area contributed by atoms with Crippen LogP contribution in [0.2, 0.25) is 0 Å². The molecule has 0 atom stereocenters. The van der Waals surface area contributed by atoms with Crippen LogP contribution in [-0.2, 0) is 6.54 Å². The maximum absolute atomic E-state index is 13.2. The van der Waals surface area contributed by atoms with Crippen LogP contribution in [0.25, 0.3) is 5.57 Å². The molecule has 2 N–H and O–H groups in total. The van der Waals surface area contributed by atoms with Gasteiger partial charge >= 0.3 is 0 Å². The quantitative estimate of drug-likeness (QED) is 0.418. The summed E-state index contributed by atoms with van der Waals surface area (Å²) in [6.45, 7) is 11.2. The van der Waals surface area contributed by atoms with Gasteiger partial charge in [0.05, 0.1) is 0 Å². The van der Waals surface area contributed by atoms with Crippen LogP contribution in [0.1, 0.15) is 67.6 Å². The highest BCUT2D eigenvalue weighted by Gasteiger charge is 2.23. The third kappa shape index (κ3) is 6.03. The second-order valence-corrected chi connectivity index (χ2v) is 10.2. The first-order chi connectivity index (χ1) is 17.3. The van der Waals surface area contributed by atoms with E-state index in [4.69, 9.17) is 5.73 Å². The Morgan fingerprint density at radius 2 is 1.50 bits per heavy atom. The molecule has 1 fully saturated rings. The second-order valence-electron chi connectivity index (χ2n) is 10.2. The van der Waals surface area contributed by atoms with Crippen molar-refractivity contribution in [3.05, 3.63) is 101 Å². The third-order valence-corrected chi connectivity index (χ3v) is 6.91. The van der Waals surface area contributed by atoms with E-state index in [1.807, 2.05) is 41.6 Å². The Hall–Kier alpha value is -3.44. The van der Waals surface area contributed by atoms with Crippen molar-refractivity contribution in [1.29, 1.82) is 0 Å². The van der Waals surface area contributed by atoms with E-state index in [2.05, 4.69) is 74.0 Å². The number of carbonyl (C=O) groups excluding carboxylic acids is 1. The van der Waals surface area contributed by atoms with E-state index in [1.54, 1.807) is 0 Å². The molecule has 2 heterocycles. The fourth-order valence-electron chi connectivity index (χ4n) is 5.24. The first-order valence-corrected chi connectivity index (χ1v) is 13.0. The lowest BCUT2D eigenvalue weighted by Crippen LogP contribution is -2.42. The van der Waals surface area contributed by atoms with Crippen molar-refractivity contribution in [2.24, 2.45) is 0 Å². The zero-order chi connectivity index (χ0) is 25.7. The normalized spacial score (nSPS) is 14.3. The number of hydrogen-bond acceptors (Lipinski definition) is 4. The van der Waals surface area contributed by atoms with Crippen molar-refractivity contribution in [1.82, 2.24) is 14.8 Å². The van der Waals surface area contributed by atoms with Gasteiger partial charge in [0.15, 0.2) is 0 Å². The molecule has 5 heteroatoms. The molecule has 2 aromatic carbocycles. The van der Waals surface area contributed by atoms with Gasteiger partial charge in [0.2, 0.25) is 0 Å². The van der Waals surface area contributed by atoms with E-state index in [-0.39, 0.29) is 18.0 Å². The van der Waals surface area contributed by atoms with E-state index in [9.17, 15) is 4.79 Å². The minimum atomic E-state index is 0.0779. The molecule has 0 saturated carbocycles. The van der Waals surface area contributed by atoms with Gasteiger partial charge in [0, 0.05) is 55.4 Å². The number of likely N-dealkylation sites (tertiary alicyclic amines) is 1. The number of carbonyl (C=O) groups is 1. The molecule has 1 aliphatic rings. The van der Waals surface area contributed by atoms with Gasteiger partial charge in [-0.2, -0.15) is 0 Å². The molecule has 0 radical (unpaired) electrons. The SMILES string of the molecule is CC(C)N(C(=O)c1ccc(C(=C2CCN(Cc3ccncc3)CC2)c2cccc(N)c2)cc1)C(C)C. The van der Waals surface area contributed by atoms with Crippen molar-refractivity contribution < 1.29 is 4.79 Å². The molecule has 1 amide bonds.